The van der Waals surface area contributed by atoms with Crippen LogP contribution in [-0.4, -0.2) is 12.6 Å². The van der Waals surface area contributed by atoms with Crippen LogP contribution in [0.4, 0.5) is 0 Å². The molecule has 1 fully saturated rings. The molecule has 1 N–H and O–H groups in total. The van der Waals surface area contributed by atoms with Crippen LogP contribution >= 0.6 is 27.3 Å². The van der Waals surface area contributed by atoms with E-state index in [0.29, 0.717) is 6.04 Å². The molecular formula is C14H22BrNS. The third kappa shape index (κ3) is 4.38. The number of rotatable bonds is 6. The standard InChI is InChI=1S/C14H22BrNS/c1-2-16-12(9-11-5-3-4-6-11)10-13-7-8-14(15)17-13/h7-8,11-12,16H,2-6,9-10H2,1H3. The second-order valence-corrected chi connectivity index (χ2v) is 7.60. The molecule has 0 radical (unpaired) electrons. The highest BCUT2D eigenvalue weighted by Crippen LogP contribution is 2.30. The van der Waals surface area contributed by atoms with Crippen LogP contribution in [0.5, 0.6) is 0 Å². The van der Waals surface area contributed by atoms with Gasteiger partial charge in [0.25, 0.3) is 0 Å². The number of hydrogen-bond donors (Lipinski definition) is 1. The smallest absolute Gasteiger partial charge is 0.0701 e. The largest absolute Gasteiger partial charge is 0.314 e. The summed E-state index contributed by atoms with van der Waals surface area (Å²) < 4.78 is 1.25. The van der Waals surface area contributed by atoms with Gasteiger partial charge in [-0.3, -0.25) is 0 Å². The fourth-order valence-electron chi connectivity index (χ4n) is 2.88. The topological polar surface area (TPSA) is 12.0 Å². The van der Waals surface area contributed by atoms with Crippen LogP contribution in [0.3, 0.4) is 0 Å². The van der Waals surface area contributed by atoms with Gasteiger partial charge in [0.15, 0.2) is 0 Å². The van der Waals surface area contributed by atoms with Crippen molar-refractivity contribution in [2.24, 2.45) is 5.92 Å². The van der Waals surface area contributed by atoms with Gasteiger partial charge in [0.1, 0.15) is 0 Å². The molecule has 0 saturated heterocycles. The maximum absolute atomic E-state index is 3.66. The zero-order valence-corrected chi connectivity index (χ0v) is 12.9. The second kappa shape index (κ2) is 6.91. The van der Waals surface area contributed by atoms with E-state index >= 15 is 0 Å². The average molecular weight is 316 g/mol. The van der Waals surface area contributed by atoms with Crippen LogP contribution in [0.1, 0.15) is 43.9 Å². The lowest BCUT2D eigenvalue weighted by atomic mass is 9.96. The van der Waals surface area contributed by atoms with E-state index < -0.39 is 0 Å². The Bertz CT molecular complexity index is 331. The predicted molar refractivity (Wildman–Crippen MR) is 79.8 cm³/mol. The summed E-state index contributed by atoms with van der Waals surface area (Å²) in [5, 5.41) is 3.66. The van der Waals surface area contributed by atoms with Crippen molar-refractivity contribution in [3.63, 3.8) is 0 Å². The fourth-order valence-corrected chi connectivity index (χ4v) is 4.44. The Balaban J connectivity index is 1.87. The zero-order chi connectivity index (χ0) is 12.1. The van der Waals surface area contributed by atoms with Crippen LogP contribution in [-0.2, 0) is 6.42 Å². The van der Waals surface area contributed by atoms with Crippen molar-refractivity contribution < 1.29 is 0 Å². The quantitative estimate of drug-likeness (QED) is 0.808. The van der Waals surface area contributed by atoms with Crippen LogP contribution in [0.15, 0.2) is 15.9 Å². The molecule has 1 nitrogen and oxygen atoms in total. The summed E-state index contributed by atoms with van der Waals surface area (Å²) in [7, 11) is 0. The summed E-state index contributed by atoms with van der Waals surface area (Å²) in [4.78, 5) is 1.50. The first-order valence-corrected chi connectivity index (χ1v) is 8.36. The van der Waals surface area contributed by atoms with Gasteiger partial charge >= 0.3 is 0 Å². The Morgan fingerprint density at radius 2 is 2.18 bits per heavy atom. The fraction of sp³-hybridized carbons (Fsp3) is 0.714. The monoisotopic (exact) mass is 315 g/mol. The predicted octanol–water partition coefficient (Wildman–Crippen LogP) is 4.61. The maximum Gasteiger partial charge on any atom is 0.0701 e. The summed E-state index contributed by atoms with van der Waals surface area (Å²) >= 11 is 5.42. The first-order chi connectivity index (χ1) is 8.28. The van der Waals surface area contributed by atoms with E-state index in [1.807, 2.05) is 11.3 Å². The number of thiophene rings is 1. The van der Waals surface area contributed by atoms with E-state index in [2.05, 4.69) is 40.3 Å². The molecule has 1 aromatic rings. The lowest BCUT2D eigenvalue weighted by Crippen LogP contribution is -2.32. The van der Waals surface area contributed by atoms with Gasteiger partial charge in [-0.05, 0) is 53.4 Å². The van der Waals surface area contributed by atoms with E-state index in [4.69, 9.17) is 0 Å². The first-order valence-electron chi connectivity index (χ1n) is 6.75. The molecular weight excluding hydrogens is 294 g/mol. The zero-order valence-electron chi connectivity index (χ0n) is 10.5. The van der Waals surface area contributed by atoms with Crippen LogP contribution < -0.4 is 5.32 Å². The van der Waals surface area contributed by atoms with Crippen molar-refractivity contribution in [1.29, 1.82) is 0 Å². The number of likely N-dealkylation sites (N-methyl/N-ethyl adjacent to an activating group) is 1. The number of halogens is 1. The molecule has 0 bridgehead atoms. The molecule has 1 aromatic heterocycles. The van der Waals surface area contributed by atoms with Gasteiger partial charge in [0.05, 0.1) is 3.79 Å². The molecule has 1 aliphatic rings. The number of hydrogen-bond acceptors (Lipinski definition) is 2. The van der Waals surface area contributed by atoms with Crippen molar-refractivity contribution in [2.45, 2.75) is 51.5 Å². The summed E-state index contributed by atoms with van der Waals surface area (Å²) in [5.41, 5.74) is 0. The third-order valence-corrected chi connectivity index (χ3v) is 5.31. The average Bonchev–Trinajstić information content (AvgIpc) is 2.91. The summed E-state index contributed by atoms with van der Waals surface area (Å²) in [6.45, 7) is 3.30. The normalized spacial score (nSPS) is 18.7. The maximum atomic E-state index is 3.66. The van der Waals surface area contributed by atoms with Crippen molar-refractivity contribution in [1.82, 2.24) is 5.32 Å². The molecule has 1 aliphatic carbocycles. The van der Waals surface area contributed by atoms with Crippen molar-refractivity contribution in [3.8, 4) is 0 Å². The molecule has 17 heavy (non-hydrogen) atoms. The van der Waals surface area contributed by atoms with Crippen molar-refractivity contribution in [2.75, 3.05) is 6.54 Å². The molecule has 2 rings (SSSR count). The minimum Gasteiger partial charge on any atom is -0.314 e. The SMILES string of the molecule is CCNC(Cc1ccc(Br)s1)CC1CCCC1. The van der Waals surface area contributed by atoms with E-state index in [1.54, 1.807) is 0 Å². The highest BCUT2D eigenvalue weighted by atomic mass is 79.9. The molecule has 1 unspecified atom stereocenters. The van der Waals surface area contributed by atoms with Crippen molar-refractivity contribution in [3.05, 3.63) is 20.8 Å². The molecule has 3 heteroatoms. The molecule has 1 saturated carbocycles. The Morgan fingerprint density at radius 3 is 2.76 bits per heavy atom. The molecule has 1 atom stereocenters. The molecule has 0 amide bonds. The highest BCUT2D eigenvalue weighted by Gasteiger charge is 2.20. The highest BCUT2D eigenvalue weighted by molar-refractivity contribution is 9.11. The van der Waals surface area contributed by atoms with Crippen LogP contribution in [0, 0.1) is 5.92 Å². The van der Waals surface area contributed by atoms with Crippen molar-refractivity contribution >= 4 is 27.3 Å². The Kier molecular flexibility index (Phi) is 5.51. The molecule has 1 heterocycles. The van der Waals surface area contributed by atoms with Gasteiger partial charge < -0.3 is 5.32 Å². The van der Waals surface area contributed by atoms with Crippen LogP contribution in [0.2, 0.25) is 0 Å². The van der Waals surface area contributed by atoms with Gasteiger partial charge in [0, 0.05) is 10.9 Å². The molecule has 0 aromatic carbocycles. The van der Waals surface area contributed by atoms with Gasteiger partial charge in [-0.15, -0.1) is 11.3 Å². The van der Waals surface area contributed by atoms with Gasteiger partial charge in [0.2, 0.25) is 0 Å². The third-order valence-electron chi connectivity index (χ3n) is 3.66. The molecule has 96 valence electrons. The summed E-state index contributed by atoms with van der Waals surface area (Å²) in [5.74, 6) is 0.974. The van der Waals surface area contributed by atoms with Gasteiger partial charge in [-0.1, -0.05) is 32.6 Å². The summed E-state index contributed by atoms with van der Waals surface area (Å²) in [6.07, 6.45) is 8.37. The van der Waals surface area contributed by atoms with E-state index in [1.165, 1.54) is 47.2 Å². The Morgan fingerprint density at radius 1 is 1.41 bits per heavy atom. The first kappa shape index (κ1) is 13.6. The summed E-state index contributed by atoms with van der Waals surface area (Å²) in [6, 6.07) is 5.10. The Labute approximate surface area is 117 Å². The Hall–Kier alpha value is 0.140. The van der Waals surface area contributed by atoms with E-state index in [9.17, 15) is 0 Å². The second-order valence-electron chi connectivity index (χ2n) is 5.05. The number of nitrogens with one attached hydrogen (secondary N) is 1. The minimum atomic E-state index is 0.675. The van der Waals surface area contributed by atoms with Crippen LogP contribution in [0.25, 0.3) is 0 Å². The minimum absolute atomic E-state index is 0.675. The molecule has 0 spiro atoms. The lowest BCUT2D eigenvalue weighted by Gasteiger charge is -2.20. The van der Waals surface area contributed by atoms with Gasteiger partial charge in [-0.2, -0.15) is 0 Å². The van der Waals surface area contributed by atoms with E-state index in [-0.39, 0.29) is 0 Å². The van der Waals surface area contributed by atoms with Gasteiger partial charge in [-0.25, -0.2) is 0 Å². The van der Waals surface area contributed by atoms with E-state index in [0.717, 1.165) is 12.5 Å². The lowest BCUT2D eigenvalue weighted by molar-refractivity contribution is 0.391. The molecule has 0 aliphatic heterocycles.